The molecule has 4 heteroatoms. The molecule has 0 radical (unpaired) electrons. The second-order valence-electron chi connectivity index (χ2n) is 6.67. The molecule has 1 N–H and O–H groups in total. The number of piperidine rings is 1. The predicted octanol–water partition coefficient (Wildman–Crippen LogP) is 3.34. The lowest BCUT2D eigenvalue weighted by atomic mass is 9.99. The number of carbonyl (C=O) groups is 1. The van der Waals surface area contributed by atoms with Crippen molar-refractivity contribution in [3.05, 3.63) is 35.9 Å². The summed E-state index contributed by atoms with van der Waals surface area (Å²) in [6, 6.07) is 8.12. The Kier molecular flexibility index (Phi) is 7.32. The van der Waals surface area contributed by atoms with Crippen molar-refractivity contribution in [3.8, 4) is 5.75 Å². The van der Waals surface area contributed by atoms with E-state index in [1.807, 2.05) is 37.3 Å². The number of amides is 1. The smallest absolute Gasteiger partial charge is 0.244 e. The van der Waals surface area contributed by atoms with E-state index in [1.165, 1.54) is 12.8 Å². The third-order valence-electron chi connectivity index (χ3n) is 4.50. The van der Waals surface area contributed by atoms with Crippen molar-refractivity contribution >= 4 is 12.0 Å². The molecule has 132 valence electrons. The number of carbonyl (C=O) groups excluding carboxylic acids is 1. The van der Waals surface area contributed by atoms with E-state index >= 15 is 0 Å². The Morgan fingerprint density at radius 3 is 2.83 bits per heavy atom. The molecule has 2 rings (SSSR count). The Morgan fingerprint density at radius 2 is 2.17 bits per heavy atom. The van der Waals surface area contributed by atoms with Gasteiger partial charge in [-0.05, 0) is 62.9 Å². The fraction of sp³-hybridized carbons (Fsp3) is 0.550. The summed E-state index contributed by atoms with van der Waals surface area (Å²) >= 11 is 0. The maximum Gasteiger partial charge on any atom is 0.244 e. The molecule has 1 saturated heterocycles. The molecule has 0 spiro atoms. The van der Waals surface area contributed by atoms with Crippen LogP contribution < -0.4 is 10.1 Å². The zero-order chi connectivity index (χ0) is 17.4. The van der Waals surface area contributed by atoms with Crippen molar-refractivity contribution in [2.75, 3.05) is 26.2 Å². The minimum absolute atomic E-state index is 0.0409. The Morgan fingerprint density at radius 1 is 1.42 bits per heavy atom. The molecule has 1 aliphatic rings. The number of nitrogens with zero attached hydrogens (tertiary/aromatic N) is 1. The molecule has 1 fully saturated rings. The molecule has 1 aliphatic heterocycles. The molecule has 0 saturated carbocycles. The highest BCUT2D eigenvalue weighted by molar-refractivity contribution is 5.91. The average Bonchev–Trinajstić information content (AvgIpc) is 2.59. The van der Waals surface area contributed by atoms with E-state index in [4.69, 9.17) is 4.74 Å². The van der Waals surface area contributed by atoms with Crippen LogP contribution in [-0.2, 0) is 4.79 Å². The summed E-state index contributed by atoms with van der Waals surface area (Å²) in [6.07, 6.45) is 6.01. The summed E-state index contributed by atoms with van der Waals surface area (Å²) in [6.45, 7) is 10.1. The van der Waals surface area contributed by atoms with Gasteiger partial charge in [0.25, 0.3) is 0 Å². The second-order valence-corrected chi connectivity index (χ2v) is 6.67. The molecule has 1 aromatic carbocycles. The third-order valence-corrected chi connectivity index (χ3v) is 4.50. The minimum atomic E-state index is -0.0409. The molecule has 1 amide bonds. The Bertz CT molecular complexity index is 539. The molecule has 2 atom stereocenters. The van der Waals surface area contributed by atoms with Crippen LogP contribution in [-0.4, -0.2) is 43.1 Å². The SMILES string of the molecule is CCOc1ccc(/C=C/C(=O)NCC(C)N2CCCC(C)C2)cc1. The molecule has 0 aliphatic carbocycles. The van der Waals surface area contributed by atoms with E-state index in [2.05, 4.69) is 24.1 Å². The van der Waals surface area contributed by atoms with E-state index in [1.54, 1.807) is 6.08 Å². The van der Waals surface area contributed by atoms with E-state index in [9.17, 15) is 4.79 Å². The van der Waals surface area contributed by atoms with Crippen LogP contribution in [0.2, 0.25) is 0 Å². The standard InChI is InChI=1S/C20H30N2O2/c1-4-24-19-10-7-18(8-11-19)9-12-20(23)21-14-17(3)22-13-5-6-16(2)15-22/h7-12,16-17H,4-6,13-15H2,1-3H3,(H,21,23)/b12-9+. The number of nitrogens with one attached hydrogen (secondary N) is 1. The predicted molar refractivity (Wildman–Crippen MR) is 99.1 cm³/mol. The summed E-state index contributed by atoms with van der Waals surface area (Å²) in [5, 5.41) is 3.00. The highest BCUT2D eigenvalue weighted by Crippen LogP contribution is 2.17. The van der Waals surface area contributed by atoms with Crippen LogP contribution in [0.15, 0.2) is 30.3 Å². The molecule has 1 aromatic rings. The van der Waals surface area contributed by atoms with Gasteiger partial charge >= 0.3 is 0 Å². The van der Waals surface area contributed by atoms with Crippen molar-refractivity contribution in [2.24, 2.45) is 5.92 Å². The van der Waals surface area contributed by atoms with Crippen molar-refractivity contribution < 1.29 is 9.53 Å². The van der Waals surface area contributed by atoms with Crippen LogP contribution in [0.3, 0.4) is 0 Å². The second kappa shape index (κ2) is 9.48. The van der Waals surface area contributed by atoms with Crippen molar-refractivity contribution in [2.45, 2.75) is 39.7 Å². The van der Waals surface area contributed by atoms with Crippen LogP contribution in [0.25, 0.3) is 6.08 Å². The molecular weight excluding hydrogens is 300 g/mol. The molecule has 2 unspecified atom stereocenters. The number of benzene rings is 1. The summed E-state index contributed by atoms with van der Waals surface area (Å²) < 4.78 is 5.41. The van der Waals surface area contributed by atoms with E-state index in [0.29, 0.717) is 19.2 Å². The van der Waals surface area contributed by atoms with Crippen LogP contribution >= 0.6 is 0 Å². The summed E-state index contributed by atoms with van der Waals surface area (Å²) in [5.41, 5.74) is 0.992. The lowest BCUT2D eigenvalue weighted by Crippen LogP contribution is -2.46. The van der Waals surface area contributed by atoms with Gasteiger partial charge in [-0.2, -0.15) is 0 Å². The van der Waals surface area contributed by atoms with Gasteiger partial charge in [0.2, 0.25) is 5.91 Å². The highest BCUT2D eigenvalue weighted by Gasteiger charge is 2.20. The largest absolute Gasteiger partial charge is 0.494 e. The van der Waals surface area contributed by atoms with Gasteiger partial charge in [0.15, 0.2) is 0 Å². The number of rotatable bonds is 7. The molecular formula is C20H30N2O2. The first-order valence-corrected chi connectivity index (χ1v) is 9.01. The summed E-state index contributed by atoms with van der Waals surface area (Å²) in [4.78, 5) is 14.5. The van der Waals surface area contributed by atoms with Gasteiger partial charge in [0.05, 0.1) is 6.61 Å². The average molecular weight is 330 g/mol. The Hall–Kier alpha value is -1.81. The van der Waals surface area contributed by atoms with Crippen molar-refractivity contribution in [1.82, 2.24) is 10.2 Å². The Balaban J connectivity index is 1.75. The molecule has 1 heterocycles. The van der Waals surface area contributed by atoms with Gasteiger partial charge in [-0.25, -0.2) is 0 Å². The lowest BCUT2D eigenvalue weighted by Gasteiger charge is -2.35. The number of ether oxygens (including phenoxy) is 1. The van der Waals surface area contributed by atoms with E-state index in [0.717, 1.165) is 30.3 Å². The van der Waals surface area contributed by atoms with Crippen LogP contribution in [0, 0.1) is 5.92 Å². The third kappa shape index (κ3) is 6.00. The van der Waals surface area contributed by atoms with Crippen molar-refractivity contribution in [3.63, 3.8) is 0 Å². The monoisotopic (exact) mass is 330 g/mol. The number of hydrogen-bond donors (Lipinski definition) is 1. The quantitative estimate of drug-likeness (QED) is 0.780. The van der Waals surface area contributed by atoms with E-state index < -0.39 is 0 Å². The van der Waals surface area contributed by atoms with Gasteiger partial charge in [0, 0.05) is 25.2 Å². The van der Waals surface area contributed by atoms with Crippen LogP contribution in [0.5, 0.6) is 5.75 Å². The first-order valence-electron chi connectivity index (χ1n) is 9.01. The molecule has 24 heavy (non-hydrogen) atoms. The normalized spacial score (nSPS) is 20.0. The van der Waals surface area contributed by atoms with Gasteiger partial charge in [-0.15, -0.1) is 0 Å². The van der Waals surface area contributed by atoms with Gasteiger partial charge in [-0.1, -0.05) is 19.1 Å². The first-order chi connectivity index (χ1) is 11.6. The van der Waals surface area contributed by atoms with E-state index in [-0.39, 0.29) is 5.91 Å². The number of likely N-dealkylation sites (tertiary alicyclic amines) is 1. The fourth-order valence-electron chi connectivity index (χ4n) is 3.08. The topological polar surface area (TPSA) is 41.6 Å². The van der Waals surface area contributed by atoms with Gasteiger partial charge in [0.1, 0.15) is 5.75 Å². The molecule has 0 aromatic heterocycles. The summed E-state index contributed by atoms with van der Waals surface area (Å²) in [5.74, 6) is 1.57. The zero-order valence-electron chi connectivity index (χ0n) is 15.1. The van der Waals surface area contributed by atoms with Crippen LogP contribution in [0.1, 0.15) is 39.2 Å². The van der Waals surface area contributed by atoms with Crippen molar-refractivity contribution in [1.29, 1.82) is 0 Å². The van der Waals surface area contributed by atoms with Gasteiger partial charge in [-0.3, -0.25) is 9.69 Å². The maximum absolute atomic E-state index is 12.0. The summed E-state index contributed by atoms with van der Waals surface area (Å²) in [7, 11) is 0. The first kappa shape index (κ1) is 18.5. The van der Waals surface area contributed by atoms with Gasteiger partial charge < -0.3 is 10.1 Å². The zero-order valence-corrected chi connectivity index (χ0v) is 15.1. The fourth-order valence-corrected chi connectivity index (χ4v) is 3.08. The number of hydrogen-bond acceptors (Lipinski definition) is 3. The highest BCUT2D eigenvalue weighted by atomic mass is 16.5. The maximum atomic E-state index is 12.0. The minimum Gasteiger partial charge on any atom is -0.494 e. The van der Waals surface area contributed by atoms with Crippen LogP contribution in [0.4, 0.5) is 0 Å². The lowest BCUT2D eigenvalue weighted by molar-refractivity contribution is -0.116. The molecule has 0 bridgehead atoms. The molecule has 4 nitrogen and oxygen atoms in total. The Labute approximate surface area is 145 Å².